The van der Waals surface area contributed by atoms with Crippen molar-refractivity contribution in [3.05, 3.63) is 272 Å². The second-order valence-corrected chi connectivity index (χ2v) is 18.4. The standard InChI is InChI=1S/C67H44N6/c68-45-56-63(71-57-39-19-13-33-50(57)51-34-14-20-40-58(51)71)65(69(46-25-5-1-6-26-46)47-27-7-2-8-28-47)67(73-61-43-23-17-37-54(61)55-38-18-24-44-62(55)73)66(70(48-29-9-3-10-30-48)49-31-11-4-12-32-49)64(56)72-59-41-21-15-35-52(59)53-36-16-22-42-60(53)72/h1-44H. The zero-order valence-electron chi connectivity index (χ0n) is 39.6. The second kappa shape index (κ2) is 17.1. The molecule has 0 spiro atoms. The molecule has 0 saturated carbocycles. The van der Waals surface area contributed by atoms with E-state index in [0.29, 0.717) is 5.56 Å². The Balaban J connectivity index is 1.37. The summed E-state index contributed by atoms with van der Waals surface area (Å²) in [4.78, 5) is 4.76. The van der Waals surface area contributed by atoms with Crippen molar-refractivity contribution < 1.29 is 0 Å². The van der Waals surface area contributed by atoms with Gasteiger partial charge in [0.15, 0.2) is 0 Å². The number of hydrogen-bond donors (Lipinski definition) is 0. The summed E-state index contributed by atoms with van der Waals surface area (Å²) in [7, 11) is 0. The number of hydrogen-bond acceptors (Lipinski definition) is 3. The highest BCUT2D eigenvalue weighted by atomic mass is 15.2. The van der Waals surface area contributed by atoms with Gasteiger partial charge in [-0.25, -0.2) is 0 Å². The molecule has 14 aromatic rings. The Hall–Kier alpha value is -10.1. The van der Waals surface area contributed by atoms with Crippen molar-refractivity contribution in [3.8, 4) is 23.1 Å². The molecule has 0 unspecified atom stereocenters. The van der Waals surface area contributed by atoms with Gasteiger partial charge in [0.1, 0.15) is 11.6 Å². The van der Waals surface area contributed by atoms with Gasteiger partial charge in [-0.2, -0.15) is 5.26 Å². The van der Waals surface area contributed by atoms with E-state index >= 15 is 0 Å². The normalized spacial score (nSPS) is 11.5. The van der Waals surface area contributed by atoms with Crippen molar-refractivity contribution in [1.82, 2.24) is 13.7 Å². The minimum atomic E-state index is 0.501. The minimum Gasteiger partial charge on any atom is -0.307 e. The predicted molar refractivity (Wildman–Crippen MR) is 304 cm³/mol. The van der Waals surface area contributed by atoms with Crippen LogP contribution >= 0.6 is 0 Å². The van der Waals surface area contributed by atoms with Crippen LogP contribution in [0.25, 0.3) is 82.5 Å². The van der Waals surface area contributed by atoms with Crippen LogP contribution in [-0.2, 0) is 0 Å². The average Bonchev–Trinajstić information content (AvgIpc) is 4.10. The van der Waals surface area contributed by atoms with Gasteiger partial charge in [0.25, 0.3) is 0 Å². The van der Waals surface area contributed by atoms with Crippen LogP contribution in [0.5, 0.6) is 0 Å². The summed E-state index contributed by atoms with van der Waals surface area (Å²) in [6.45, 7) is 0. The highest BCUT2D eigenvalue weighted by molar-refractivity contribution is 6.17. The van der Waals surface area contributed by atoms with Crippen molar-refractivity contribution in [2.75, 3.05) is 9.80 Å². The molecule has 0 aliphatic rings. The Morgan fingerprint density at radius 1 is 0.247 bits per heavy atom. The summed E-state index contributed by atoms with van der Waals surface area (Å²) in [5.41, 5.74) is 14.2. The van der Waals surface area contributed by atoms with Crippen LogP contribution in [0.15, 0.2) is 267 Å². The Morgan fingerprint density at radius 2 is 0.452 bits per heavy atom. The fourth-order valence-corrected chi connectivity index (χ4v) is 11.5. The molecule has 0 aliphatic heterocycles. The van der Waals surface area contributed by atoms with Gasteiger partial charge in [0.2, 0.25) is 0 Å². The van der Waals surface area contributed by atoms with Gasteiger partial charge >= 0.3 is 0 Å². The number of aromatic nitrogens is 3. The Bertz CT molecular complexity index is 3990. The maximum Gasteiger partial charge on any atom is 0.105 e. The first-order chi connectivity index (χ1) is 36.3. The minimum absolute atomic E-state index is 0.501. The molecule has 73 heavy (non-hydrogen) atoms. The highest BCUT2D eigenvalue weighted by Gasteiger charge is 2.38. The molecule has 0 radical (unpaired) electrons. The molecule has 0 aliphatic carbocycles. The van der Waals surface area contributed by atoms with Crippen LogP contribution in [0.4, 0.5) is 34.1 Å². The van der Waals surface area contributed by atoms with Crippen LogP contribution in [0.2, 0.25) is 0 Å². The molecule has 3 aromatic heterocycles. The summed E-state index contributed by atoms with van der Waals surface area (Å²) >= 11 is 0. The van der Waals surface area contributed by atoms with Crippen molar-refractivity contribution in [1.29, 1.82) is 5.26 Å². The number of fused-ring (bicyclic) bond motifs is 9. The molecular formula is C67H44N6. The van der Waals surface area contributed by atoms with Gasteiger partial charge in [-0.05, 0) is 84.9 Å². The van der Waals surface area contributed by atoms with Gasteiger partial charge in [0, 0.05) is 55.1 Å². The molecule has 0 atom stereocenters. The number of benzene rings is 11. The summed E-state index contributed by atoms with van der Waals surface area (Å²) < 4.78 is 7.21. The van der Waals surface area contributed by atoms with Gasteiger partial charge < -0.3 is 23.5 Å². The number of nitriles is 1. The van der Waals surface area contributed by atoms with E-state index in [2.05, 4.69) is 296 Å². The van der Waals surface area contributed by atoms with Crippen LogP contribution in [0.1, 0.15) is 5.56 Å². The Kier molecular flexibility index (Phi) is 9.80. The lowest BCUT2D eigenvalue weighted by Crippen LogP contribution is -2.23. The molecule has 0 amide bonds. The molecule has 0 saturated heterocycles. The fourth-order valence-electron chi connectivity index (χ4n) is 11.5. The predicted octanol–water partition coefficient (Wildman–Crippen LogP) is 17.8. The van der Waals surface area contributed by atoms with E-state index in [1.807, 2.05) is 0 Å². The molecular weight excluding hydrogens is 889 g/mol. The monoisotopic (exact) mass is 932 g/mol. The van der Waals surface area contributed by atoms with Gasteiger partial charge in [-0.3, -0.25) is 0 Å². The fraction of sp³-hybridized carbons (Fsp3) is 0. The maximum atomic E-state index is 12.8. The van der Waals surface area contributed by atoms with E-state index in [9.17, 15) is 5.26 Å². The van der Waals surface area contributed by atoms with Crippen LogP contribution in [0.3, 0.4) is 0 Å². The third-order valence-corrected chi connectivity index (χ3v) is 14.4. The van der Waals surface area contributed by atoms with Crippen LogP contribution in [0, 0.1) is 11.3 Å². The smallest absolute Gasteiger partial charge is 0.105 e. The third-order valence-electron chi connectivity index (χ3n) is 14.4. The van der Waals surface area contributed by atoms with E-state index < -0.39 is 0 Å². The molecule has 0 N–H and O–H groups in total. The van der Waals surface area contributed by atoms with E-state index in [1.165, 1.54) is 0 Å². The summed E-state index contributed by atoms with van der Waals surface area (Å²) in [6.07, 6.45) is 0. The molecule has 0 fully saturated rings. The molecule has 11 aromatic carbocycles. The van der Waals surface area contributed by atoms with Crippen LogP contribution < -0.4 is 9.80 Å². The SMILES string of the molecule is N#Cc1c(-n2c3ccccc3c3ccccc32)c(N(c2ccccc2)c2ccccc2)c(-n2c3ccccc3c3ccccc32)c(N(c2ccccc2)c2ccccc2)c1-n1c2ccccc2c2ccccc21. The first-order valence-corrected chi connectivity index (χ1v) is 24.7. The molecule has 6 heteroatoms. The van der Waals surface area contributed by atoms with Crippen molar-refractivity contribution in [2.45, 2.75) is 0 Å². The maximum absolute atomic E-state index is 12.8. The first-order valence-electron chi connectivity index (χ1n) is 24.7. The van der Waals surface area contributed by atoms with Crippen molar-refractivity contribution in [3.63, 3.8) is 0 Å². The third kappa shape index (κ3) is 6.43. The molecule has 3 heterocycles. The largest absolute Gasteiger partial charge is 0.307 e. The number of para-hydroxylation sites is 10. The quantitative estimate of drug-likeness (QED) is 0.145. The lowest BCUT2D eigenvalue weighted by molar-refractivity contribution is 1.05. The summed E-state index contributed by atoms with van der Waals surface area (Å²) in [5, 5.41) is 19.4. The molecule has 342 valence electrons. The first kappa shape index (κ1) is 41.8. The van der Waals surface area contributed by atoms with Crippen molar-refractivity contribution >= 4 is 99.5 Å². The average molecular weight is 933 g/mol. The van der Waals surface area contributed by atoms with Gasteiger partial charge in [0.05, 0.1) is 61.5 Å². The lowest BCUT2D eigenvalue weighted by atomic mass is 9.98. The zero-order chi connectivity index (χ0) is 48.4. The Labute approximate surface area is 421 Å². The zero-order valence-corrected chi connectivity index (χ0v) is 39.6. The van der Waals surface area contributed by atoms with Gasteiger partial charge in [-0.1, -0.05) is 182 Å². The van der Waals surface area contributed by atoms with E-state index in [-0.39, 0.29) is 0 Å². The number of nitrogens with zero attached hydrogens (tertiary/aromatic N) is 6. The lowest BCUT2D eigenvalue weighted by Gasteiger charge is -2.37. The van der Waals surface area contributed by atoms with Gasteiger partial charge in [-0.15, -0.1) is 0 Å². The summed E-state index contributed by atoms with van der Waals surface area (Å²) in [5.74, 6) is 0. The van der Waals surface area contributed by atoms with Crippen LogP contribution in [-0.4, -0.2) is 13.7 Å². The molecule has 0 bridgehead atoms. The number of anilines is 6. The highest BCUT2D eigenvalue weighted by Crippen LogP contribution is 2.57. The molecule has 14 rings (SSSR count). The summed E-state index contributed by atoms with van der Waals surface area (Å²) in [6, 6.07) is 97.5. The topological polar surface area (TPSA) is 45.1 Å². The van der Waals surface area contributed by atoms with E-state index in [4.69, 9.17) is 0 Å². The Morgan fingerprint density at radius 3 is 0.685 bits per heavy atom. The van der Waals surface area contributed by atoms with E-state index in [0.717, 1.165) is 117 Å². The van der Waals surface area contributed by atoms with E-state index in [1.54, 1.807) is 0 Å². The number of rotatable bonds is 9. The second-order valence-electron chi connectivity index (χ2n) is 18.4. The molecule has 6 nitrogen and oxygen atoms in total. The van der Waals surface area contributed by atoms with Crippen molar-refractivity contribution in [2.24, 2.45) is 0 Å².